The molecular weight excluding hydrogens is 108 g/mol. The van der Waals surface area contributed by atoms with Gasteiger partial charge in [-0.25, -0.2) is 0 Å². The van der Waals surface area contributed by atoms with Crippen LogP contribution in [0.1, 0.15) is 0 Å². The minimum atomic E-state index is 1.07. The van der Waals surface area contributed by atoms with Gasteiger partial charge in [-0.2, -0.15) is 0 Å². The van der Waals surface area contributed by atoms with Crippen LogP contribution in [0.4, 0.5) is 0 Å². The number of hydrogen-bond acceptors (Lipinski definition) is 3. The highest BCUT2D eigenvalue weighted by Crippen LogP contribution is 1.92. The molecule has 0 spiro atoms. The van der Waals surface area contributed by atoms with Crippen molar-refractivity contribution in [3.05, 3.63) is 0 Å². The lowest BCUT2D eigenvalue weighted by Crippen LogP contribution is -2.38. The van der Waals surface area contributed by atoms with Crippen LogP contribution < -0.4 is 5.32 Å². The molecule has 7 heavy (non-hydrogen) atoms. The Morgan fingerprint density at radius 3 is 2.14 bits per heavy atom. The molecule has 1 aliphatic heterocycles. The van der Waals surface area contributed by atoms with E-state index in [2.05, 4.69) is 18.1 Å². The van der Waals surface area contributed by atoms with E-state index < -0.39 is 0 Å². The zero-order valence-electron chi connectivity index (χ0n) is 4.22. The Balaban J connectivity index is 2.12. The van der Waals surface area contributed by atoms with Gasteiger partial charge in [0.05, 0.1) is 0 Å². The first-order valence-corrected chi connectivity index (χ1v) is 2.94. The fourth-order valence-corrected chi connectivity index (χ4v) is 0.853. The Labute approximate surface area is 49.4 Å². The van der Waals surface area contributed by atoms with Crippen molar-refractivity contribution >= 4 is 12.8 Å². The van der Waals surface area contributed by atoms with E-state index in [0.29, 0.717) is 0 Å². The predicted molar refractivity (Wildman–Crippen MR) is 33.4 cm³/mol. The van der Waals surface area contributed by atoms with Crippen LogP contribution >= 0.6 is 12.8 Å². The Bertz CT molecular complexity index is 51.7. The third kappa shape index (κ3) is 1.67. The molecule has 0 atom stereocenters. The minimum absolute atomic E-state index is 1.07. The third-order valence-corrected chi connectivity index (χ3v) is 1.49. The van der Waals surface area contributed by atoms with Crippen molar-refractivity contribution in [1.82, 2.24) is 9.62 Å². The Kier molecular flexibility index (Phi) is 1.97. The number of thiol groups is 1. The first kappa shape index (κ1) is 5.41. The molecule has 1 fully saturated rings. The van der Waals surface area contributed by atoms with Crippen molar-refractivity contribution in [2.24, 2.45) is 0 Å². The average molecular weight is 118 g/mol. The number of hydrogen-bond donors (Lipinski definition) is 2. The molecule has 3 heteroatoms. The van der Waals surface area contributed by atoms with E-state index in [1.807, 2.05) is 4.31 Å². The molecule has 1 N–H and O–H groups in total. The number of piperazine rings is 1. The molecule has 0 amide bonds. The summed E-state index contributed by atoms with van der Waals surface area (Å²) in [6.45, 7) is 4.32. The van der Waals surface area contributed by atoms with Gasteiger partial charge in [-0.3, -0.25) is 4.31 Å². The van der Waals surface area contributed by atoms with E-state index in [9.17, 15) is 0 Å². The van der Waals surface area contributed by atoms with Crippen molar-refractivity contribution < 1.29 is 0 Å². The molecule has 1 heterocycles. The van der Waals surface area contributed by atoms with Crippen LogP contribution in [0.5, 0.6) is 0 Å². The SMILES string of the molecule is SN1CCNCC1. The summed E-state index contributed by atoms with van der Waals surface area (Å²) in [5.41, 5.74) is 0. The van der Waals surface area contributed by atoms with Gasteiger partial charge in [0.2, 0.25) is 0 Å². The maximum Gasteiger partial charge on any atom is 0.0213 e. The lowest BCUT2D eigenvalue weighted by molar-refractivity contribution is 0.400. The first-order valence-electron chi connectivity index (χ1n) is 2.54. The highest BCUT2D eigenvalue weighted by molar-refractivity contribution is 7.77. The molecule has 0 unspecified atom stereocenters. The molecule has 1 rings (SSSR count). The van der Waals surface area contributed by atoms with Crippen LogP contribution in [0.15, 0.2) is 0 Å². The molecule has 0 bridgehead atoms. The molecule has 0 saturated carbocycles. The fraction of sp³-hybridized carbons (Fsp3) is 1.00. The van der Waals surface area contributed by atoms with E-state index in [1.54, 1.807) is 0 Å². The second-order valence-electron chi connectivity index (χ2n) is 1.70. The van der Waals surface area contributed by atoms with Gasteiger partial charge < -0.3 is 5.32 Å². The van der Waals surface area contributed by atoms with Crippen LogP contribution in [0.25, 0.3) is 0 Å². The number of rotatable bonds is 0. The summed E-state index contributed by atoms with van der Waals surface area (Å²) in [4.78, 5) is 0. The fourth-order valence-electron chi connectivity index (χ4n) is 0.653. The monoisotopic (exact) mass is 118 g/mol. The Hall–Kier alpha value is 0.270. The summed E-state index contributed by atoms with van der Waals surface area (Å²) < 4.78 is 2.02. The molecule has 0 aromatic carbocycles. The Morgan fingerprint density at radius 1 is 1.29 bits per heavy atom. The molecule has 2 nitrogen and oxygen atoms in total. The van der Waals surface area contributed by atoms with Gasteiger partial charge >= 0.3 is 0 Å². The lowest BCUT2D eigenvalue weighted by Gasteiger charge is -2.20. The standard InChI is InChI=1S/C4H10N2S/c7-6-3-1-5-2-4-6/h5,7H,1-4H2. The van der Waals surface area contributed by atoms with Gasteiger partial charge in [-0.05, 0) is 0 Å². The smallest absolute Gasteiger partial charge is 0.0213 e. The van der Waals surface area contributed by atoms with E-state index in [4.69, 9.17) is 0 Å². The number of nitrogens with zero attached hydrogens (tertiary/aromatic N) is 1. The zero-order chi connectivity index (χ0) is 5.11. The molecule has 1 saturated heterocycles. The summed E-state index contributed by atoms with van der Waals surface area (Å²) >= 11 is 4.15. The van der Waals surface area contributed by atoms with Crippen LogP contribution in [0, 0.1) is 0 Å². The second-order valence-corrected chi connectivity index (χ2v) is 2.27. The van der Waals surface area contributed by atoms with Gasteiger partial charge in [0.1, 0.15) is 0 Å². The summed E-state index contributed by atoms with van der Waals surface area (Å²) in [6, 6.07) is 0. The molecule has 42 valence electrons. The van der Waals surface area contributed by atoms with Crippen LogP contribution in [-0.2, 0) is 0 Å². The van der Waals surface area contributed by atoms with Crippen LogP contribution in [0.3, 0.4) is 0 Å². The molecule has 0 aliphatic carbocycles. The van der Waals surface area contributed by atoms with E-state index in [-0.39, 0.29) is 0 Å². The molecule has 0 aromatic rings. The van der Waals surface area contributed by atoms with Gasteiger partial charge in [0.25, 0.3) is 0 Å². The zero-order valence-corrected chi connectivity index (χ0v) is 5.12. The van der Waals surface area contributed by atoms with Crippen LogP contribution in [0.2, 0.25) is 0 Å². The molecule has 1 aliphatic rings. The van der Waals surface area contributed by atoms with Crippen LogP contribution in [-0.4, -0.2) is 30.5 Å². The first-order chi connectivity index (χ1) is 3.39. The number of nitrogens with one attached hydrogen (secondary N) is 1. The Morgan fingerprint density at radius 2 is 1.86 bits per heavy atom. The summed E-state index contributed by atoms with van der Waals surface area (Å²) in [7, 11) is 0. The molecule has 0 aromatic heterocycles. The lowest BCUT2D eigenvalue weighted by atomic mass is 10.4. The highest BCUT2D eigenvalue weighted by atomic mass is 32.1. The summed E-state index contributed by atoms with van der Waals surface area (Å²) in [5, 5.41) is 3.22. The third-order valence-electron chi connectivity index (χ3n) is 1.09. The summed E-state index contributed by atoms with van der Waals surface area (Å²) in [5.74, 6) is 0. The normalized spacial score (nSPS) is 25.3. The average Bonchev–Trinajstić information content (AvgIpc) is 1.69. The predicted octanol–water partition coefficient (Wildman–Crippen LogP) is -0.264. The minimum Gasteiger partial charge on any atom is -0.314 e. The van der Waals surface area contributed by atoms with Crippen molar-refractivity contribution in [3.63, 3.8) is 0 Å². The van der Waals surface area contributed by atoms with Crippen molar-refractivity contribution in [1.29, 1.82) is 0 Å². The molecular formula is C4H10N2S. The maximum absolute atomic E-state index is 4.15. The van der Waals surface area contributed by atoms with E-state index in [1.165, 1.54) is 0 Å². The molecule has 0 radical (unpaired) electrons. The second kappa shape index (κ2) is 2.55. The maximum atomic E-state index is 4.15. The van der Waals surface area contributed by atoms with Gasteiger partial charge in [-0.1, -0.05) is 12.8 Å². The summed E-state index contributed by atoms with van der Waals surface area (Å²) in [6.07, 6.45) is 0. The van der Waals surface area contributed by atoms with Crippen molar-refractivity contribution in [2.45, 2.75) is 0 Å². The van der Waals surface area contributed by atoms with E-state index in [0.717, 1.165) is 26.2 Å². The van der Waals surface area contributed by atoms with Gasteiger partial charge in [-0.15, -0.1) is 0 Å². The largest absolute Gasteiger partial charge is 0.314 e. The van der Waals surface area contributed by atoms with Gasteiger partial charge in [0.15, 0.2) is 0 Å². The topological polar surface area (TPSA) is 15.3 Å². The van der Waals surface area contributed by atoms with E-state index >= 15 is 0 Å². The quantitative estimate of drug-likeness (QED) is 0.426. The van der Waals surface area contributed by atoms with Crippen molar-refractivity contribution in [3.8, 4) is 0 Å². The van der Waals surface area contributed by atoms with Gasteiger partial charge in [0, 0.05) is 26.2 Å². The highest BCUT2D eigenvalue weighted by Gasteiger charge is 2.02. The van der Waals surface area contributed by atoms with Crippen molar-refractivity contribution in [2.75, 3.05) is 26.2 Å².